The molecule has 21 heavy (non-hydrogen) atoms. The van der Waals surface area contributed by atoms with Crippen LogP contribution in [0.3, 0.4) is 0 Å². The summed E-state index contributed by atoms with van der Waals surface area (Å²) in [5.41, 5.74) is 0.940. The van der Waals surface area contributed by atoms with Crippen LogP contribution in [-0.4, -0.2) is 20.0 Å². The number of sulfonamides is 1. The lowest BCUT2D eigenvalue weighted by Crippen LogP contribution is -2.26. The van der Waals surface area contributed by atoms with E-state index in [-0.39, 0.29) is 10.9 Å². The average Bonchev–Trinajstić information content (AvgIpc) is 3.05. The second kappa shape index (κ2) is 5.40. The molecule has 2 heterocycles. The van der Waals surface area contributed by atoms with E-state index >= 15 is 0 Å². The van der Waals surface area contributed by atoms with E-state index in [2.05, 4.69) is 9.71 Å². The van der Waals surface area contributed by atoms with Crippen LogP contribution in [0, 0.1) is 6.92 Å². The summed E-state index contributed by atoms with van der Waals surface area (Å²) in [7, 11) is -3.56. The molecule has 1 aliphatic rings. The number of rotatable bonds is 4. The maximum absolute atomic E-state index is 12.4. The Morgan fingerprint density at radius 2 is 2.24 bits per heavy atom. The zero-order chi connectivity index (χ0) is 15.0. The van der Waals surface area contributed by atoms with E-state index in [1.807, 2.05) is 6.92 Å². The summed E-state index contributed by atoms with van der Waals surface area (Å²) >= 11 is 1.49. The first kappa shape index (κ1) is 14.5. The zero-order valence-corrected chi connectivity index (χ0v) is 13.4. The predicted molar refractivity (Wildman–Crippen MR) is 81.2 cm³/mol. The Hall–Kier alpha value is -1.44. The third kappa shape index (κ3) is 2.95. The summed E-state index contributed by atoms with van der Waals surface area (Å²) < 4.78 is 33.0. The molecule has 3 rings (SSSR count). The zero-order valence-electron chi connectivity index (χ0n) is 11.8. The number of ether oxygens (including phenoxy) is 1. The van der Waals surface area contributed by atoms with Gasteiger partial charge in [0.25, 0.3) is 0 Å². The van der Waals surface area contributed by atoms with E-state index < -0.39 is 10.0 Å². The minimum absolute atomic E-state index is 0.270. The molecule has 1 N–H and O–H groups in total. The monoisotopic (exact) mass is 324 g/mol. The molecule has 112 valence electrons. The molecule has 0 saturated heterocycles. The molecule has 1 unspecified atom stereocenters. The molecule has 1 aromatic heterocycles. The smallest absolute Gasteiger partial charge is 0.241 e. The SMILES string of the molecule is Cc1cnc(C(C)NS(=O)(=O)c2ccc3c(c2)CCO3)s1. The Kier molecular flexibility index (Phi) is 3.73. The van der Waals surface area contributed by atoms with Crippen molar-refractivity contribution in [2.75, 3.05) is 6.61 Å². The largest absolute Gasteiger partial charge is 0.493 e. The van der Waals surface area contributed by atoms with Crippen molar-refractivity contribution < 1.29 is 13.2 Å². The van der Waals surface area contributed by atoms with Crippen molar-refractivity contribution >= 4 is 21.4 Å². The highest BCUT2D eigenvalue weighted by Gasteiger charge is 2.22. The molecule has 1 aromatic carbocycles. The first-order valence-electron chi connectivity index (χ1n) is 6.66. The summed E-state index contributed by atoms with van der Waals surface area (Å²) in [6.07, 6.45) is 2.50. The maximum atomic E-state index is 12.4. The fraction of sp³-hybridized carbons (Fsp3) is 0.357. The first-order valence-corrected chi connectivity index (χ1v) is 8.96. The van der Waals surface area contributed by atoms with Gasteiger partial charge in [-0.15, -0.1) is 11.3 Å². The minimum Gasteiger partial charge on any atom is -0.493 e. The van der Waals surface area contributed by atoms with Crippen molar-refractivity contribution in [3.05, 3.63) is 39.8 Å². The Morgan fingerprint density at radius 3 is 2.95 bits per heavy atom. The van der Waals surface area contributed by atoms with Gasteiger partial charge < -0.3 is 4.74 Å². The molecule has 7 heteroatoms. The van der Waals surface area contributed by atoms with Crippen LogP contribution < -0.4 is 9.46 Å². The number of nitrogens with one attached hydrogen (secondary N) is 1. The molecule has 0 radical (unpaired) electrons. The number of hydrogen-bond donors (Lipinski definition) is 1. The molecule has 2 aromatic rings. The first-order chi connectivity index (χ1) is 9.95. The predicted octanol–water partition coefficient (Wildman–Crippen LogP) is 2.43. The molecule has 0 saturated carbocycles. The molecule has 5 nitrogen and oxygen atoms in total. The Bertz CT molecular complexity index is 768. The van der Waals surface area contributed by atoms with Gasteiger partial charge in [-0.05, 0) is 37.6 Å². The number of thiazole rings is 1. The molecule has 0 amide bonds. The van der Waals surface area contributed by atoms with Crippen LogP contribution in [-0.2, 0) is 16.4 Å². The van der Waals surface area contributed by atoms with Crippen LogP contribution in [0.1, 0.15) is 28.4 Å². The van der Waals surface area contributed by atoms with Gasteiger partial charge in [0.1, 0.15) is 10.8 Å². The second-order valence-electron chi connectivity index (χ2n) is 5.02. The third-order valence-electron chi connectivity index (χ3n) is 3.31. The number of fused-ring (bicyclic) bond motifs is 1. The summed E-state index contributed by atoms with van der Waals surface area (Å²) in [5, 5.41) is 0.764. The van der Waals surface area contributed by atoms with Crippen molar-refractivity contribution in [1.29, 1.82) is 0 Å². The lowest BCUT2D eigenvalue weighted by molar-refractivity contribution is 0.356. The summed E-state index contributed by atoms with van der Waals surface area (Å²) in [6, 6.07) is 4.63. The molecule has 1 aliphatic heterocycles. The lowest BCUT2D eigenvalue weighted by Gasteiger charge is -2.12. The van der Waals surface area contributed by atoms with E-state index in [1.54, 1.807) is 31.3 Å². The van der Waals surface area contributed by atoms with Gasteiger partial charge in [0, 0.05) is 17.5 Å². The van der Waals surface area contributed by atoms with Crippen LogP contribution in [0.2, 0.25) is 0 Å². The number of hydrogen-bond acceptors (Lipinski definition) is 5. The van der Waals surface area contributed by atoms with Crippen LogP contribution >= 0.6 is 11.3 Å². The summed E-state index contributed by atoms with van der Waals surface area (Å²) in [4.78, 5) is 5.55. The average molecular weight is 324 g/mol. The highest BCUT2D eigenvalue weighted by molar-refractivity contribution is 7.89. The Morgan fingerprint density at radius 1 is 1.43 bits per heavy atom. The van der Waals surface area contributed by atoms with Crippen LogP contribution in [0.25, 0.3) is 0 Å². The van der Waals surface area contributed by atoms with Crippen molar-refractivity contribution in [2.24, 2.45) is 0 Å². The van der Waals surface area contributed by atoms with Crippen molar-refractivity contribution in [2.45, 2.75) is 31.2 Å². The van der Waals surface area contributed by atoms with Gasteiger partial charge in [-0.1, -0.05) is 0 Å². The van der Waals surface area contributed by atoms with Gasteiger partial charge in [-0.2, -0.15) is 0 Å². The van der Waals surface area contributed by atoms with Gasteiger partial charge in [0.05, 0.1) is 17.5 Å². The van der Waals surface area contributed by atoms with Crippen LogP contribution in [0.4, 0.5) is 0 Å². The maximum Gasteiger partial charge on any atom is 0.241 e. The Balaban J connectivity index is 1.83. The van der Waals surface area contributed by atoms with Crippen molar-refractivity contribution in [3.63, 3.8) is 0 Å². The number of aryl methyl sites for hydroxylation is 1. The lowest BCUT2D eigenvalue weighted by atomic mass is 10.2. The van der Waals surface area contributed by atoms with Crippen molar-refractivity contribution in [1.82, 2.24) is 9.71 Å². The minimum atomic E-state index is -3.56. The Labute approximate surface area is 128 Å². The molecule has 1 atom stereocenters. The van der Waals surface area contributed by atoms with E-state index in [0.717, 1.165) is 27.6 Å². The van der Waals surface area contributed by atoms with Crippen LogP contribution in [0.15, 0.2) is 29.3 Å². The van der Waals surface area contributed by atoms with Gasteiger partial charge in [-0.3, -0.25) is 0 Å². The van der Waals surface area contributed by atoms with E-state index in [0.29, 0.717) is 6.61 Å². The number of aromatic nitrogens is 1. The summed E-state index contributed by atoms with van der Waals surface area (Å²) in [5.74, 6) is 0.776. The van der Waals surface area contributed by atoms with Gasteiger partial charge in [0.2, 0.25) is 10.0 Å². The normalized spacial score (nSPS) is 15.5. The topological polar surface area (TPSA) is 68.3 Å². The molecule has 0 spiro atoms. The van der Waals surface area contributed by atoms with Crippen molar-refractivity contribution in [3.8, 4) is 5.75 Å². The highest BCUT2D eigenvalue weighted by atomic mass is 32.2. The fourth-order valence-corrected chi connectivity index (χ4v) is 4.36. The van der Waals surface area contributed by atoms with E-state index in [4.69, 9.17) is 4.74 Å². The summed E-state index contributed by atoms with van der Waals surface area (Å²) in [6.45, 7) is 4.36. The second-order valence-corrected chi connectivity index (χ2v) is 8.00. The van der Waals surface area contributed by atoms with E-state index in [1.165, 1.54) is 11.3 Å². The highest BCUT2D eigenvalue weighted by Crippen LogP contribution is 2.28. The van der Waals surface area contributed by atoms with Gasteiger partial charge in [-0.25, -0.2) is 18.1 Å². The molecule has 0 bridgehead atoms. The third-order valence-corrected chi connectivity index (χ3v) is 5.95. The standard InChI is InChI=1S/C14H16N2O3S2/c1-9-8-15-14(20-9)10(2)16-21(17,18)12-3-4-13-11(7-12)5-6-19-13/h3-4,7-8,10,16H,5-6H2,1-2H3. The number of nitrogens with zero attached hydrogens (tertiary/aromatic N) is 1. The number of benzene rings is 1. The van der Waals surface area contributed by atoms with Gasteiger partial charge in [0.15, 0.2) is 0 Å². The molecule has 0 aliphatic carbocycles. The molecular weight excluding hydrogens is 308 g/mol. The fourth-order valence-electron chi connectivity index (χ4n) is 2.25. The molecule has 0 fully saturated rings. The van der Waals surface area contributed by atoms with Crippen LogP contribution in [0.5, 0.6) is 5.75 Å². The molecular formula is C14H16N2O3S2. The quantitative estimate of drug-likeness (QED) is 0.938. The van der Waals surface area contributed by atoms with Gasteiger partial charge >= 0.3 is 0 Å². The van der Waals surface area contributed by atoms with E-state index in [9.17, 15) is 8.42 Å².